The lowest BCUT2D eigenvalue weighted by atomic mass is 9.50. The first-order valence-electron chi connectivity index (χ1n) is 4.91. The standard InChI is InChI=1S/C11H17BN/c1-4-8-11(2,3)12-10-7-5-6-9-13-10/h5-7,9H,4,8H2,1-3H3. The Bertz CT molecular complexity index is 244. The fourth-order valence-electron chi connectivity index (χ4n) is 1.58. The van der Waals surface area contributed by atoms with Crippen molar-refractivity contribution in [3.05, 3.63) is 24.4 Å². The van der Waals surface area contributed by atoms with Crippen LogP contribution in [0.2, 0.25) is 5.31 Å². The molecule has 0 spiro atoms. The van der Waals surface area contributed by atoms with Crippen LogP contribution in [-0.2, 0) is 0 Å². The van der Waals surface area contributed by atoms with E-state index in [-0.39, 0.29) is 5.31 Å². The number of rotatable bonds is 4. The van der Waals surface area contributed by atoms with Gasteiger partial charge in [0.15, 0.2) is 7.28 Å². The number of aromatic nitrogens is 1. The molecule has 1 aromatic heterocycles. The molecule has 1 radical (unpaired) electrons. The van der Waals surface area contributed by atoms with Gasteiger partial charge in [-0.3, -0.25) is 4.98 Å². The molecule has 0 fully saturated rings. The third kappa shape index (κ3) is 3.62. The first-order chi connectivity index (χ1) is 6.14. The summed E-state index contributed by atoms with van der Waals surface area (Å²) < 4.78 is 0. The minimum Gasteiger partial charge on any atom is -0.272 e. The van der Waals surface area contributed by atoms with Crippen LogP contribution in [0.5, 0.6) is 0 Å². The van der Waals surface area contributed by atoms with Crippen LogP contribution >= 0.6 is 0 Å². The van der Waals surface area contributed by atoms with Gasteiger partial charge in [0, 0.05) is 6.20 Å². The molecular weight excluding hydrogens is 157 g/mol. The Kier molecular flexibility index (Phi) is 3.53. The van der Waals surface area contributed by atoms with Crippen molar-refractivity contribution in [1.29, 1.82) is 0 Å². The normalized spacial score (nSPS) is 11.3. The third-order valence-electron chi connectivity index (χ3n) is 2.12. The second-order valence-corrected chi connectivity index (χ2v) is 4.14. The first-order valence-corrected chi connectivity index (χ1v) is 4.91. The maximum absolute atomic E-state index is 4.29. The molecule has 0 unspecified atom stereocenters. The Hall–Kier alpha value is -0.785. The molecule has 0 amide bonds. The summed E-state index contributed by atoms with van der Waals surface area (Å²) in [5, 5.41) is 0.267. The van der Waals surface area contributed by atoms with E-state index in [2.05, 4.69) is 39.1 Å². The fraction of sp³-hybridized carbons (Fsp3) is 0.545. The van der Waals surface area contributed by atoms with Gasteiger partial charge in [-0.25, -0.2) is 0 Å². The first kappa shape index (κ1) is 10.3. The lowest BCUT2D eigenvalue weighted by molar-refractivity contribution is 0.595. The second kappa shape index (κ2) is 4.45. The predicted octanol–water partition coefficient (Wildman–Crippen LogP) is 2.41. The molecule has 0 N–H and O–H groups in total. The lowest BCUT2D eigenvalue weighted by Crippen LogP contribution is -2.27. The SMILES string of the molecule is CCCC(C)(C)[B]c1ccccn1. The van der Waals surface area contributed by atoms with Gasteiger partial charge in [0.2, 0.25) is 0 Å². The topological polar surface area (TPSA) is 12.9 Å². The number of nitrogens with zero attached hydrogens (tertiary/aromatic N) is 1. The Labute approximate surface area is 81.8 Å². The molecule has 0 aliphatic heterocycles. The van der Waals surface area contributed by atoms with Crippen molar-refractivity contribution < 1.29 is 0 Å². The molecule has 0 aromatic carbocycles. The molecule has 2 heteroatoms. The molecule has 0 aliphatic carbocycles. The van der Waals surface area contributed by atoms with E-state index < -0.39 is 0 Å². The number of hydrogen-bond acceptors (Lipinski definition) is 1. The van der Waals surface area contributed by atoms with Gasteiger partial charge in [0.25, 0.3) is 0 Å². The molecular formula is C11H17BN. The van der Waals surface area contributed by atoms with Gasteiger partial charge in [0.05, 0.1) is 0 Å². The molecule has 0 saturated heterocycles. The highest BCUT2D eigenvalue weighted by Crippen LogP contribution is 2.28. The zero-order valence-corrected chi connectivity index (χ0v) is 8.75. The number of hydrogen-bond donors (Lipinski definition) is 0. The van der Waals surface area contributed by atoms with Crippen molar-refractivity contribution in [2.24, 2.45) is 0 Å². The number of pyridine rings is 1. The van der Waals surface area contributed by atoms with Crippen LogP contribution in [0.3, 0.4) is 0 Å². The molecule has 13 heavy (non-hydrogen) atoms. The van der Waals surface area contributed by atoms with Crippen LogP contribution in [0.15, 0.2) is 24.4 Å². The van der Waals surface area contributed by atoms with Crippen molar-refractivity contribution >= 4 is 12.9 Å². The maximum atomic E-state index is 4.29. The van der Waals surface area contributed by atoms with Crippen molar-refractivity contribution in [3.63, 3.8) is 0 Å². The van der Waals surface area contributed by atoms with Gasteiger partial charge in [0.1, 0.15) is 0 Å². The van der Waals surface area contributed by atoms with Gasteiger partial charge in [-0.2, -0.15) is 0 Å². The van der Waals surface area contributed by atoms with Crippen LogP contribution in [0, 0.1) is 0 Å². The Morgan fingerprint density at radius 2 is 2.15 bits per heavy atom. The largest absolute Gasteiger partial charge is 0.272 e. The van der Waals surface area contributed by atoms with E-state index >= 15 is 0 Å². The Morgan fingerprint density at radius 3 is 2.69 bits per heavy atom. The smallest absolute Gasteiger partial charge is 0.184 e. The molecule has 1 aromatic rings. The van der Waals surface area contributed by atoms with E-state index in [1.54, 1.807) is 0 Å². The maximum Gasteiger partial charge on any atom is 0.184 e. The zero-order chi connectivity index (χ0) is 9.73. The van der Waals surface area contributed by atoms with Gasteiger partial charge >= 0.3 is 0 Å². The monoisotopic (exact) mass is 174 g/mol. The minimum atomic E-state index is 0.267. The van der Waals surface area contributed by atoms with E-state index in [1.165, 1.54) is 12.8 Å². The quantitative estimate of drug-likeness (QED) is 0.638. The molecule has 1 nitrogen and oxygen atoms in total. The third-order valence-corrected chi connectivity index (χ3v) is 2.12. The van der Waals surface area contributed by atoms with Crippen molar-refractivity contribution in [2.75, 3.05) is 0 Å². The van der Waals surface area contributed by atoms with Crippen LogP contribution in [-0.4, -0.2) is 12.3 Å². The summed E-state index contributed by atoms with van der Waals surface area (Å²) in [5.74, 6) is 0. The van der Waals surface area contributed by atoms with E-state index in [4.69, 9.17) is 0 Å². The molecule has 0 saturated carbocycles. The summed E-state index contributed by atoms with van der Waals surface area (Å²) in [7, 11) is 2.25. The Morgan fingerprint density at radius 1 is 1.38 bits per heavy atom. The molecule has 0 atom stereocenters. The van der Waals surface area contributed by atoms with E-state index in [1.807, 2.05) is 18.3 Å². The summed E-state index contributed by atoms with van der Waals surface area (Å²) in [4.78, 5) is 4.29. The fourth-order valence-corrected chi connectivity index (χ4v) is 1.58. The summed E-state index contributed by atoms with van der Waals surface area (Å²) in [6, 6.07) is 6.03. The molecule has 0 aliphatic rings. The van der Waals surface area contributed by atoms with Crippen molar-refractivity contribution in [1.82, 2.24) is 4.98 Å². The van der Waals surface area contributed by atoms with Crippen LogP contribution in [0.4, 0.5) is 0 Å². The molecule has 1 heterocycles. The lowest BCUT2D eigenvalue weighted by Gasteiger charge is -2.21. The average Bonchev–Trinajstić information content (AvgIpc) is 2.04. The summed E-state index contributed by atoms with van der Waals surface area (Å²) in [5.41, 5.74) is 1.08. The predicted molar refractivity (Wildman–Crippen MR) is 58.6 cm³/mol. The summed E-state index contributed by atoms with van der Waals surface area (Å²) in [6.07, 6.45) is 4.27. The van der Waals surface area contributed by atoms with E-state index in [0.29, 0.717) is 0 Å². The highest BCUT2D eigenvalue weighted by atomic mass is 14.6. The van der Waals surface area contributed by atoms with Crippen molar-refractivity contribution in [2.45, 2.75) is 38.9 Å². The molecule has 0 bridgehead atoms. The minimum absolute atomic E-state index is 0.267. The van der Waals surface area contributed by atoms with E-state index in [0.717, 1.165) is 5.59 Å². The molecule has 69 valence electrons. The average molecular weight is 174 g/mol. The highest BCUT2D eigenvalue weighted by molar-refractivity contribution is 6.55. The van der Waals surface area contributed by atoms with Crippen LogP contribution in [0.25, 0.3) is 0 Å². The van der Waals surface area contributed by atoms with E-state index in [9.17, 15) is 0 Å². The van der Waals surface area contributed by atoms with Crippen LogP contribution < -0.4 is 5.59 Å². The van der Waals surface area contributed by atoms with Crippen LogP contribution in [0.1, 0.15) is 33.6 Å². The van der Waals surface area contributed by atoms with Gasteiger partial charge in [-0.15, -0.1) is 0 Å². The summed E-state index contributed by atoms with van der Waals surface area (Å²) >= 11 is 0. The Balaban J connectivity index is 2.58. The van der Waals surface area contributed by atoms with Crippen molar-refractivity contribution in [3.8, 4) is 0 Å². The second-order valence-electron chi connectivity index (χ2n) is 4.14. The highest BCUT2D eigenvalue weighted by Gasteiger charge is 2.19. The van der Waals surface area contributed by atoms with Gasteiger partial charge in [-0.1, -0.05) is 51.1 Å². The van der Waals surface area contributed by atoms with Gasteiger partial charge < -0.3 is 0 Å². The zero-order valence-electron chi connectivity index (χ0n) is 8.75. The van der Waals surface area contributed by atoms with Gasteiger partial charge in [-0.05, 0) is 11.7 Å². The molecule has 1 rings (SSSR count). The summed E-state index contributed by atoms with van der Waals surface area (Å²) in [6.45, 7) is 6.73.